The Labute approximate surface area is 98.1 Å². The highest BCUT2D eigenvalue weighted by atomic mass is 32.2. The van der Waals surface area contributed by atoms with E-state index in [1.54, 1.807) is 24.2 Å². The van der Waals surface area contributed by atoms with Gasteiger partial charge in [-0.15, -0.1) is 11.8 Å². The Balaban J connectivity index is 2.02. The lowest BCUT2D eigenvalue weighted by Crippen LogP contribution is -1.96. The van der Waals surface area contributed by atoms with Crippen LogP contribution in [0.25, 0.3) is 0 Å². The molecule has 0 aliphatic heterocycles. The van der Waals surface area contributed by atoms with Crippen LogP contribution in [0.1, 0.15) is 11.4 Å². The van der Waals surface area contributed by atoms with Crippen molar-refractivity contribution in [2.75, 3.05) is 5.73 Å². The Kier molecular flexibility index (Phi) is 3.09. The summed E-state index contributed by atoms with van der Waals surface area (Å²) in [5.41, 5.74) is 7.40. The van der Waals surface area contributed by atoms with Gasteiger partial charge in [-0.3, -0.25) is 9.67 Å². The van der Waals surface area contributed by atoms with Crippen LogP contribution in [0.2, 0.25) is 0 Å². The number of nitrogen functional groups attached to an aromatic ring is 1. The number of aryl methyl sites for hydroxylation is 2. The maximum absolute atomic E-state index is 5.47. The highest BCUT2D eigenvalue weighted by molar-refractivity contribution is 7.98. The van der Waals surface area contributed by atoms with Crippen LogP contribution in [0.15, 0.2) is 23.5 Å². The molecule has 16 heavy (non-hydrogen) atoms. The molecule has 2 aromatic rings. The first-order chi connectivity index (χ1) is 7.65. The molecule has 0 fully saturated rings. The number of nitrogens with two attached hydrogens (primary N) is 1. The maximum atomic E-state index is 5.47. The molecule has 2 aromatic heterocycles. The van der Waals surface area contributed by atoms with E-state index in [9.17, 15) is 0 Å². The summed E-state index contributed by atoms with van der Waals surface area (Å²) in [7, 11) is 1.93. The van der Waals surface area contributed by atoms with Gasteiger partial charge >= 0.3 is 0 Å². The van der Waals surface area contributed by atoms with Crippen LogP contribution in [0.4, 0.5) is 5.82 Å². The third-order valence-electron chi connectivity index (χ3n) is 2.05. The molecule has 6 heteroatoms. The molecule has 0 spiro atoms. The van der Waals surface area contributed by atoms with Gasteiger partial charge in [0.1, 0.15) is 5.82 Å². The van der Waals surface area contributed by atoms with Crippen LogP contribution in [-0.4, -0.2) is 19.7 Å². The van der Waals surface area contributed by atoms with Gasteiger partial charge in [-0.25, -0.2) is 4.98 Å². The fourth-order valence-corrected chi connectivity index (χ4v) is 2.24. The molecule has 84 valence electrons. The Morgan fingerprint density at radius 2 is 2.19 bits per heavy atom. The molecule has 0 aliphatic carbocycles. The van der Waals surface area contributed by atoms with Gasteiger partial charge in [0, 0.05) is 12.8 Å². The molecule has 0 amide bonds. The van der Waals surface area contributed by atoms with Crippen LogP contribution in [0, 0.1) is 6.92 Å². The molecule has 0 atom stereocenters. The van der Waals surface area contributed by atoms with Gasteiger partial charge in [0.05, 0.1) is 28.8 Å². The van der Waals surface area contributed by atoms with E-state index in [-0.39, 0.29) is 0 Å². The zero-order valence-corrected chi connectivity index (χ0v) is 10.0. The minimum absolute atomic E-state index is 0.449. The lowest BCUT2D eigenvalue weighted by atomic mass is 10.5. The number of hydrogen-bond donors (Lipinski definition) is 1. The Morgan fingerprint density at radius 1 is 1.38 bits per heavy atom. The van der Waals surface area contributed by atoms with E-state index < -0.39 is 0 Å². The average Bonchev–Trinajstić information content (AvgIpc) is 2.57. The average molecular weight is 235 g/mol. The van der Waals surface area contributed by atoms with E-state index in [1.165, 1.54) is 0 Å². The van der Waals surface area contributed by atoms with Crippen LogP contribution in [0.3, 0.4) is 0 Å². The van der Waals surface area contributed by atoms with Crippen LogP contribution < -0.4 is 5.73 Å². The molecule has 0 saturated heterocycles. The van der Waals surface area contributed by atoms with Gasteiger partial charge < -0.3 is 5.73 Å². The van der Waals surface area contributed by atoms with Gasteiger partial charge in [-0.2, -0.15) is 5.10 Å². The molecule has 0 aromatic carbocycles. The quantitative estimate of drug-likeness (QED) is 0.814. The first kappa shape index (κ1) is 10.9. The zero-order valence-electron chi connectivity index (χ0n) is 9.21. The van der Waals surface area contributed by atoms with Crippen LogP contribution in [0.5, 0.6) is 0 Å². The van der Waals surface area contributed by atoms with Gasteiger partial charge in [0.15, 0.2) is 0 Å². The Morgan fingerprint density at radius 3 is 2.75 bits per heavy atom. The van der Waals surface area contributed by atoms with Crippen molar-refractivity contribution in [3.05, 3.63) is 29.8 Å². The molecule has 0 bridgehead atoms. The van der Waals surface area contributed by atoms with Crippen molar-refractivity contribution in [1.29, 1.82) is 0 Å². The van der Waals surface area contributed by atoms with E-state index in [0.717, 1.165) is 22.2 Å². The number of anilines is 1. The lowest BCUT2D eigenvalue weighted by molar-refractivity contribution is 0.692. The first-order valence-electron chi connectivity index (χ1n) is 4.85. The van der Waals surface area contributed by atoms with E-state index in [2.05, 4.69) is 21.1 Å². The highest BCUT2D eigenvalue weighted by Gasteiger charge is 2.03. The summed E-state index contributed by atoms with van der Waals surface area (Å²) in [5, 5.41) is 5.40. The molecule has 0 unspecified atom stereocenters. The molecule has 0 saturated carbocycles. The standard InChI is InChI=1S/C10H13N5S/c1-7-3-10(15(2)14-7)16-6-8-4-13-9(11)5-12-8/h3-5H,6H2,1-2H3,(H2,11,13). The van der Waals surface area contributed by atoms with Crippen molar-refractivity contribution < 1.29 is 0 Å². The second-order valence-electron chi connectivity index (χ2n) is 3.47. The van der Waals surface area contributed by atoms with Crippen molar-refractivity contribution >= 4 is 17.6 Å². The Hall–Kier alpha value is -1.56. The second-order valence-corrected chi connectivity index (χ2v) is 4.46. The molecule has 2 rings (SSSR count). The van der Waals surface area contributed by atoms with Gasteiger partial charge in [-0.1, -0.05) is 0 Å². The predicted octanol–water partition coefficient (Wildman–Crippen LogP) is 1.39. The zero-order chi connectivity index (χ0) is 11.5. The molecule has 2 N–H and O–H groups in total. The summed E-state index contributed by atoms with van der Waals surface area (Å²) in [6.45, 7) is 1.98. The van der Waals surface area contributed by atoms with Crippen LogP contribution in [-0.2, 0) is 12.8 Å². The monoisotopic (exact) mass is 235 g/mol. The minimum Gasteiger partial charge on any atom is -0.382 e. The summed E-state index contributed by atoms with van der Waals surface area (Å²) in [6, 6.07) is 2.05. The molecular weight excluding hydrogens is 222 g/mol. The second kappa shape index (κ2) is 4.52. The van der Waals surface area contributed by atoms with Crippen molar-refractivity contribution in [1.82, 2.24) is 19.7 Å². The number of thioether (sulfide) groups is 1. The van der Waals surface area contributed by atoms with Crippen molar-refractivity contribution in [2.24, 2.45) is 7.05 Å². The van der Waals surface area contributed by atoms with E-state index >= 15 is 0 Å². The first-order valence-corrected chi connectivity index (χ1v) is 5.83. The van der Waals surface area contributed by atoms with Gasteiger partial charge in [-0.05, 0) is 13.0 Å². The molecule has 0 radical (unpaired) electrons. The summed E-state index contributed by atoms with van der Waals surface area (Å²) < 4.78 is 1.87. The number of nitrogens with zero attached hydrogens (tertiary/aromatic N) is 4. The smallest absolute Gasteiger partial charge is 0.141 e. The molecule has 5 nitrogen and oxygen atoms in total. The minimum atomic E-state index is 0.449. The maximum Gasteiger partial charge on any atom is 0.141 e. The summed E-state index contributed by atoms with van der Waals surface area (Å²) in [5.74, 6) is 1.22. The summed E-state index contributed by atoms with van der Waals surface area (Å²) in [6.07, 6.45) is 3.27. The lowest BCUT2D eigenvalue weighted by Gasteiger charge is -2.01. The number of hydrogen-bond acceptors (Lipinski definition) is 5. The molecular formula is C10H13N5S. The fraction of sp³-hybridized carbons (Fsp3) is 0.300. The van der Waals surface area contributed by atoms with Crippen LogP contribution >= 0.6 is 11.8 Å². The van der Waals surface area contributed by atoms with Crippen molar-refractivity contribution in [3.63, 3.8) is 0 Å². The third kappa shape index (κ3) is 2.52. The van der Waals surface area contributed by atoms with Crippen molar-refractivity contribution in [2.45, 2.75) is 17.7 Å². The third-order valence-corrected chi connectivity index (χ3v) is 3.17. The largest absolute Gasteiger partial charge is 0.382 e. The Bertz CT molecular complexity index is 476. The molecule has 0 aliphatic rings. The number of aromatic nitrogens is 4. The summed E-state index contributed by atoms with van der Waals surface area (Å²) in [4.78, 5) is 8.19. The topological polar surface area (TPSA) is 69.6 Å². The van der Waals surface area contributed by atoms with Gasteiger partial charge in [0.2, 0.25) is 0 Å². The normalized spacial score (nSPS) is 10.6. The predicted molar refractivity (Wildman–Crippen MR) is 64.0 cm³/mol. The SMILES string of the molecule is Cc1cc(SCc2cnc(N)cn2)n(C)n1. The highest BCUT2D eigenvalue weighted by Crippen LogP contribution is 2.21. The molecule has 2 heterocycles. The van der Waals surface area contributed by atoms with Gasteiger partial charge in [0.25, 0.3) is 0 Å². The fourth-order valence-electron chi connectivity index (χ4n) is 1.31. The van der Waals surface area contributed by atoms with E-state index in [4.69, 9.17) is 5.73 Å². The van der Waals surface area contributed by atoms with Crippen molar-refractivity contribution in [3.8, 4) is 0 Å². The summed E-state index contributed by atoms with van der Waals surface area (Å²) >= 11 is 1.68. The van der Waals surface area contributed by atoms with E-state index in [1.807, 2.05) is 18.7 Å². The number of rotatable bonds is 3. The van der Waals surface area contributed by atoms with E-state index in [0.29, 0.717) is 5.82 Å².